The van der Waals surface area contributed by atoms with Gasteiger partial charge in [0, 0.05) is 19.4 Å². The number of carbonyl (C=O) groups is 1. The molecule has 0 radical (unpaired) electrons. The molecule has 1 rings (SSSR count). The number of amides is 1. The molecule has 0 aromatic carbocycles. The fourth-order valence-corrected chi connectivity index (χ4v) is 7.21. The maximum atomic E-state index is 12.7. The van der Waals surface area contributed by atoms with Crippen LogP contribution in [0.25, 0.3) is 0 Å². The van der Waals surface area contributed by atoms with Crippen LogP contribution in [0.5, 0.6) is 0 Å². The van der Waals surface area contributed by atoms with Gasteiger partial charge >= 0.3 is 0 Å². The van der Waals surface area contributed by atoms with Crippen LogP contribution in [0.3, 0.4) is 0 Å². The minimum Gasteiger partial charge on any atom is -0.338 e. The maximum absolute atomic E-state index is 12.7. The van der Waals surface area contributed by atoms with Gasteiger partial charge in [0.2, 0.25) is 5.91 Å². The molecule has 4 nitrogen and oxygen atoms in total. The first-order valence-electron chi connectivity index (χ1n) is 21.3. The lowest BCUT2D eigenvalue weighted by atomic mass is 10.0. The number of carbonyl (C=O) groups excluding carboxylic acids is 1. The van der Waals surface area contributed by atoms with Crippen LogP contribution in [0.4, 0.5) is 0 Å². The average molecular weight is 683 g/mol. The third kappa shape index (κ3) is 28.7. The van der Waals surface area contributed by atoms with Gasteiger partial charge < -0.3 is 10.2 Å². The summed E-state index contributed by atoms with van der Waals surface area (Å²) in [4.78, 5) is 20.0. The smallest absolute Gasteiger partial charge is 0.221 e. The highest BCUT2D eigenvalue weighted by atomic mass is 35.5. The Hall–Kier alpha value is -0.770. The van der Waals surface area contributed by atoms with Crippen LogP contribution < -0.4 is 5.32 Å². The molecule has 1 unspecified atom stereocenters. The van der Waals surface area contributed by atoms with Gasteiger partial charge in [0.15, 0.2) is 0 Å². The molecule has 0 saturated carbocycles. The second kappa shape index (κ2) is 36.5. The Kier molecular flexibility index (Phi) is 35.9. The summed E-state index contributed by atoms with van der Waals surface area (Å²) in [6, 6.07) is 0. The third-order valence-corrected chi connectivity index (χ3v) is 10.3. The molecule has 0 aliphatic carbocycles. The topological polar surface area (TPSA) is 44.7 Å². The highest BCUT2D eigenvalue weighted by Gasteiger charge is 2.24. The fourth-order valence-electron chi connectivity index (χ4n) is 7.21. The summed E-state index contributed by atoms with van der Waals surface area (Å²) < 4.78 is 0. The van der Waals surface area contributed by atoms with Crippen LogP contribution >= 0.6 is 12.4 Å². The van der Waals surface area contributed by atoms with Crippen LogP contribution in [-0.4, -0.2) is 35.9 Å². The second-order valence-electron chi connectivity index (χ2n) is 14.7. The number of rotatable bonds is 36. The van der Waals surface area contributed by atoms with Crippen molar-refractivity contribution in [3.05, 3.63) is 0 Å². The number of hydrogen-bond acceptors (Lipinski definition) is 3. The summed E-state index contributed by atoms with van der Waals surface area (Å²) >= 11 is 0. The summed E-state index contributed by atoms with van der Waals surface area (Å²) in [6.45, 7) is 8.64. The summed E-state index contributed by atoms with van der Waals surface area (Å²) in [5, 5.41) is 3.35. The van der Waals surface area contributed by atoms with Gasteiger partial charge in [-0.15, -0.1) is 12.4 Å². The maximum Gasteiger partial charge on any atom is 0.221 e. The van der Waals surface area contributed by atoms with E-state index in [2.05, 4.69) is 31.0 Å². The van der Waals surface area contributed by atoms with Crippen molar-refractivity contribution in [3.63, 3.8) is 0 Å². The van der Waals surface area contributed by atoms with E-state index in [0.717, 1.165) is 32.4 Å². The van der Waals surface area contributed by atoms with Crippen molar-refractivity contribution >= 4 is 24.1 Å². The number of halogens is 1. The quantitative estimate of drug-likeness (QED) is 0.0669. The number of nitrogens with one attached hydrogen (secondary N) is 1. The molecular weight excluding hydrogens is 598 g/mol. The highest BCUT2D eigenvalue weighted by molar-refractivity contribution is 5.85. The van der Waals surface area contributed by atoms with Gasteiger partial charge in [-0.25, -0.2) is 0 Å². The summed E-state index contributed by atoms with van der Waals surface area (Å²) in [5.41, 5.74) is 0. The van der Waals surface area contributed by atoms with Crippen LogP contribution in [0.1, 0.15) is 239 Å². The van der Waals surface area contributed by atoms with Gasteiger partial charge in [-0.05, 0) is 19.3 Å². The van der Waals surface area contributed by atoms with E-state index in [4.69, 9.17) is 4.99 Å². The van der Waals surface area contributed by atoms with Crippen molar-refractivity contribution in [3.8, 4) is 0 Å². The van der Waals surface area contributed by atoms with Crippen LogP contribution in [0.2, 0.25) is 0 Å². The molecule has 5 heteroatoms. The molecule has 47 heavy (non-hydrogen) atoms. The number of amidine groups is 1. The van der Waals surface area contributed by atoms with E-state index in [-0.39, 0.29) is 24.5 Å². The molecule has 0 aromatic heterocycles. The number of aliphatic imine (C=N–C) groups is 1. The Balaban J connectivity index is 0.0000212. The van der Waals surface area contributed by atoms with Gasteiger partial charge in [-0.3, -0.25) is 9.79 Å². The Bertz CT molecular complexity index is 685. The van der Waals surface area contributed by atoms with E-state index < -0.39 is 0 Å². The molecule has 1 atom stereocenters. The molecule has 0 saturated heterocycles. The summed E-state index contributed by atoms with van der Waals surface area (Å²) in [5.74, 6) is 1.47. The average Bonchev–Trinajstić information content (AvgIpc) is 3.53. The van der Waals surface area contributed by atoms with E-state index >= 15 is 0 Å². The molecule has 0 bridgehead atoms. The van der Waals surface area contributed by atoms with Crippen LogP contribution in [0, 0.1) is 0 Å². The van der Waals surface area contributed by atoms with Crippen molar-refractivity contribution < 1.29 is 4.79 Å². The number of hydrogen-bond donors (Lipinski definition) is 1. The monoisotopic (exact) mass is 682 g/mol. The van der Waals surface area contributed by atoms with E-state index in [1.54, 1.807) is 0 Å². The van der Waals surface area contributed by atoms with Crippen molar-refractivity contribution in [1.29, 1.82) is 0 Å². The molecule has 280 valence electrons. The van der Waals surface area contributed by atoms with E-state index in [9.17, 15) is 4.79 Å². The molecule has 1 aliphatic rings. The fraction of sp³-hybridized carbons (Fsp3) is 0.952. The highest BCUT2D eigenvalue weighted by Crippen LogP contribution is 2.18. The zero-order chi connectivity index (χ0) is 33.2. The third-order valence-electron chi connectivity index (χ3n) is 10.3. The normalized spacial score (nSPS) is 13.5. The Morgan fingerprint density at radius 1 is 0.553 bits per heavy atom. The molecule has 0 aromatic rings. The second-order valence-corrected chi connectivity index (χ2v) is 14.7. The summed E-state index contributed by atoms with van der Waals surface area (Å²) in [6.07, 6.45) is 45.7. The first kappa shape index (κ1) is 46.2. The van der Waals surface area contributed by atoms with Crippen LogP contribution in [-0.2, 0) is 4.79 Å². The van der Waals surface area contributed by atoms with E-state index in [1.165, 1.54) is 198 Å². The number of nitrogens with zero attached hydrogens (tertiary/aromatic N) is 2. The summed E-state index contributed by atoms with van der Waals surface area (Å²) in [7, 11) is 0. The van der Waals surface area contributed by atoms with Crippen molar-refractivity contribution in [2.24, 2.45) is 4.99 Å². The van der Waals surface area contributed by atoms with Gasteiger partial charge in [-0.2, -0.15) is 0 Å². The molecule has 1 aliphatic heterocycles. The van der Waals surface area contributed by atoms with Gasteiger partial charge in [0.25, 0.3) is 0 Å². The van der Waals surface area contributed by atoms with Crippen LogP contribution in [0.15, 0.2) is 4.99 Å². The van der Waals surface area contributed by atoms with Crippen molar-refractivity contribution in [2.75, 3.05) is 13.1 Å². The molecule has 1 amide bonds. The molecule has 0 fully saturated rings. The number of unbranched alkanes of at least 4 members (excludes halogenated alkanes) is 29. The minimum atomic E-state index is 0. The first-order valence-corrected chi connectivity index (χ1v) is 21.3. The lowest BCUT2D eigenvalue weighted by Crippen LogP contribution is -2.49. The lowest BCUT2D eigenvalue weighted by Gasteiger charge is -2.30. The Morgan fingerprint density at radius 2 is 0.894 bits per heavy atom. The lowest BCUT2D eigenvalue weighted by molar-refractivity contribution is -0.122. The van der Waals surface area contributed by atoms with Crippen molar-refractivity contribution in [1.82, 2.24) is 10.2 Å². The predicted molar refractivity (Wildman–Crippen MR) is 212 cm³/mol. The van der Waals surface area contributed by atoms with Gasteiger partial charge in [0.05, 0.1) is 6.54 Å². The van der Waals surface area contributed by atoms with Crippen molar-refractivity contribution in [2.45, 2.75) is 245 Å². The molecule has 1 N–H and O–H groups in total. The Morgan fingerprint density at radius 3 is 1.26 bits per heavy atom. The molecule has 0 spiro atoms. The van der Waals surface area contributed by atoms with E-state index in [1.807, 2.05) is 0 Å². The largest absolute Gasteiger partial charge is 0.338 e. The standard InChI is InChI=1S/C42H83N3O.ClH/c1-4-7-9-11-13-15-17-19-21-23-24-26-28-30-32-34-36-41-43-38-39-45(41)40(6-3)44-42(46)37-35-33-31-29-27-25-22-20-18-16-14-12-10-8-5-2;/h40H,4-39H2,1-3H3,(H,44,46);1H. The Labute approximate surface area is 301 Å². The SMILES string of the molecule is CCCCCCCCCCCCCCCCCCC1=NCCN1C(CC)NC(=O)CCCCCCCCCCCCCCCCC.Cl. The molecule has 1 heterocycles. The van der Waals surface area contributed by atoms with E-state index in [0.29, 0.717) is 6.42 Å². The zero-order valence-corrected chi connectivity index (χ0v) is 33.1. The van der Waals surface area contributed by atoms with Gasteiger partial charge in [0.1, 0.15) is 12.0 Å². The zero-order valence-electron chi connectivity index (χ0n) is 32.2. The van der Waals surface area contributed by atoms with Gasteiger partial charge in [-0.1, -0.05) is 207 Å². The first-order chi connectivity index (χ1) is 22.7. The predicted octanol–water partition coefficient (Wildman–Crippen LogP) is 13.9. The molecular formula is C42H84ClN3O. The minimum absolute atomic E-state index is 0.